The predicted octanol–water partition coefficient (Wildman–Crippen LogP) is 1.75. The summed E-state index contributed by atoms with van der Waals surface area (Å²) in [6.07, 6.45) is 0. The number of carbonyl (C=O) groups excluding carboxylic acids is 1. The minimum absolute atomic E-state index is 0.0308. The molecule has 0 aromatic carbocycles. The average Bonchev–Trinajstić information content (AvgIpc) is 2.30. The first kappa shape index (κ1) is 14.9. The number of carbonyl (C=O) groups is 1. The van der Waals surface area contributed by atoms with Crippen molar-refractivity contribution in [3.05, 3.63) is 10.4 Å². The summed E-state index contributed by atoms with van der Waals surface area (Å²) < 4.78 is 0. The molecule has 0 saturated heterocycles. The van der Waals surface area contributed by atoms with E-state index in [9.17, 15) is 4.79 Å². The van der Waals surface area contributed by atoms with Gasteiger partial charge in [-0.25, -0.2) is 0 Å². The van der Waals surface area contributed by atoms with Gasteiger partial charge in [0.1, 0.15) is 6.04 Å². The number of nitrogens with one attached hydrogen (secondary N) is 2. The first-order chi connectivity index (χ1) is 8.40. The Morgan fingerprint density at radius 3 is 2.56 bits per heavy atom. The molecule has 0 fully saturated rings. The van der Waals surface area contributed by atoms with Crippen LogP contribution in [0.5, 0.6) is 0 Å². The fourth-order valence-electron chi connectivity index (χ4n) is 1.11. The molecule has 1 aromatic rings. The lowest BCUT2D eigenvalue weighted by molar-refractivity contribution is -0.121. The molecule has 100 valence electrons. The molecule has 18 heavy (non-hydrogen) atoms. The summed E-state index contributed by atoms with van der Waals surface area (Å²) in [5.74, 6) is 0.485. The van der Waals surface area contributed by atoms with Gasteiger partial charge in [0.25, 0.3) is 0 Å². The van der Waals surface area contributed by atoms with Gasteiger partial charge in [-0.1, -0.05) is 25.4 Å². The average molecular weight is 292 g/mol. The van der Waals surface area contributed by atoms with Gasteiger partial charge >= 0.3 is 0 Å². The maximum atomic E-state index is 11.7. The van der Waals surface area contributed by atoms with Crippen molar-refractivity contribution in [2.24, 2.45) is 5.92 Å². The Labute approximate surface area is 115 Å². The molecule has 1 heterocycles. The molecule has 6 nitrogen and oxygen atoms in total. The quantitative estimate of drug-likeness (QED) is 0.864. The number of hydrogen-bond acceptors (Lipinski definition) is 5. The van der Waals surface area contributed by atoms with Gasteiger partial charge in [-0.2, -0.15) is 4.98 Å². The molecule has 1 aromatic heterocycles. The van der Waals surface area contributed by atoms with E-state index in [4.69, 9.17) is 23.2 Å². The molecule has 0 saturated carbocycles. The largest absolute Gasteiger partial charge is 0.356 e. The highest BCUT2D eigenvalue weighted by Crippen LogP contribution is 2.17. The number of amides is 1. The van der Waals surface area contributed by atoms with E-state index in [2.05, 4.69) is 25.8 Å². The van der Waals surface area contributed by atoms with E-state index in [0.29, 0.717) is 12.5 Å². The van der Waals surface area contributed by atoms with E-state index >= 15 is 0 Å². The molecule has 1 amide bonds. The van der Waals surface area contributed by atoms with E-state index < -0.39 is 6.04 Å². The Hall–Kier alpha value is -1.14. The van der Waals surface area contributed by atoms with Crippen molar-refractivity contribution in [1.29, 1.82) is 0 Å². The summed E-state index contributed by atoms with van der Waals surface area (Å²) >= 11 is 11.4. The highest BCUT2D eigenvalue weighted by Gasteiger charge is 2.15. The highest BCUT2D eigenvalue weighted by atomic mass is 35.5. The van der Waals surface area contributed by atoms with Crippen LogP contribution in [0, 0.1) is 5.92 Å². The second-order valence-electron chi connectivity index (χ2n) is 4.23. The Morgan fingerprint density at radius 1 is 1.28 bits per heavy atom. The molecule has 1 unspecified atom stereocenters. The number of nitrogens with zero attached hydrogens (tertiary/aromatic N) is 3. The van der Waals surface area contributed by atoms with Crippen LogP contribution in [-0.2, 0) is 4.79 Å². The summed E-state index contributed by atoms with van der Waals surface area (Å²) in [4.78, 5) is 15.6. The smallest absolute Gasteiger partial charge is 0.245 e. The molecule has 0 aliphatic rings. The van der Waals surface area contributed by atoms with Crippen LogP contribution < -0.4 is 10.6 Å². The van der Waals surface area contributed by atoms with Crippen molar-refractivity contribution in [2.75, 3.05) is 11.9 Å². The molecule has 1 atom stereocenters. The van der Waals surface area contributed by atoms with Crippen molar-refractivity contribution in [2.45, 2.75) is 26.8 Å². The number of aromatic nitrogens is 3. The lowest BCUT2D eigenvalue weighted by Gasteiger charge is -2.15. The van der Waals surface area contributed by atoms with Gasteiger partial charge in [-0.05, 0) is 24.4 Å². The van der Waals surface area contributed by atoms with Gasteiger partial charge in [0, 0.05) is 6.54 Å². The normalized spacial score (nSPS) is 12.3. The minimum atomic E-state index is -0.492. The van der Waals surface area contributed by atoms with Crippen molar-refractivity contribution < 1.29 is 4.79 Å². The zero-order valence-electron chi connectivity index (χ0n) is 10.4. The first-order valence-corrected chi connectivity index (χ1v) is 6.25. The monoisotopic (exact) mass is 291 g/mol. The summed E-state index contributed by atoms with van der Waals surface area (Å²) in [7, 11) is 0. The number of halogens is 2. The van der Waals surface area contributed by atoms with Crippen LogP contribution in [0.2, 0.25) is 10.4 Å². The molecule has 1 rings (SSSR count). The van der Waals surface area contributed by atoms with Crippen LogP contribution >= 0.6 is 23.2 Å². The molecule has 0 radical (unpaired) electrons. The van der Waals surface area contributed by atoms with Gasteiger partial charge in [-0.3, -0.25) is 4.79 Å². The third-order valence-corrected chi connectivity index (χ3v) is 2.47. The Morgan fingerprint density at radius 2 is 1.94 bits per heavy atom. The fraction of sp³-hybridized carbons (Fsp3) is 0.600. The number of hydrogen-bond donors (Lipinski definition) is 2. The van der Waals surface area contributed by atoms with Crippen LogP contribution in [0.25, 0.3) is 0 Å². The molecule has 0 bridgehead atoms. The summed E-state index contributed by atoms with van der Waals surface area (Å²) in [6.45, 7) is 6.34. The molecule has 8 heteroatoms. The standard InChI is InChI=1S/C10H15Cl2N5O/c1-5(2)4-13-9(18)6(3)14-8-7(11)16-17-10(12)15-8/h5-6H,4H2,1-3H3,(H,13,18)(H,14,15,17). The van der Waals surface area contributed by atoms with E-state index in [-0.39, 0.29) is 22.2 Å². The maximum Gasteiger partial charge on any atom is 0.245 e. The molecular weight excluding hydrogens is 277 g/mol. The Balaban J connectivity index is 2.60. The summed E-state index contributed by atoms with van der Waals surface area (Å²) in [6, 6.07) is -0.492. The van der Waals surface area contributed by atoms with Crippen molar-refractivity contribution in [1.82, 2.24) is 20.5 Å². The molecule has 2 N–H and O–H groups in total. The van der Waals surface area contributed by atoms with Crippen molar-refractivity contribution in [3.8, 4) is 0 Å². The van der Waals surface area contributed by atoms with Crippen LogP contribution in [0.1, 0.15) is 20.8 Å². The second kappa shape index (κ2) is 6.70. The Bertz CT molecular complexity index is 427. The zero-order chi connectivity index (χ0) is 13.7. The van der Waals surface area contributed by atoms with Gasteiger partial charge in [-0.15, -0.1) is 10.2 Å². The molecule has 0 aliphatic heterocycles. The van der Waals surface area contributed by atoms with Crippen LogP contribution in [0.15, 0.2) is 0 Å². The molecule has 0 aliphatic carbocycles. The second-order valence-corrected chi connectivity index (χ2v) is 4.92. The Kier molecular flexibility index (Phi) is 5.55. The minimum Gasteiger partial charge on any atom is -0.356 e. The molecule has 0 spiro atoms. The predicted molar refractivity (Wildman–Crippen MR) is 70.8 cm³/mol. The van der Waals surface area contributed by atoms with Crippen molar-refractivity contribution in [3.63, 3.8) is 0 Å². The van der Waals surface area contributed by atoms with Gasteiger partial charge in [0.15, 0.2) is 11.0 Å². The summed E-state index contributed by atoms with van der Waals surface area (Å²) in [5.41, 5.74) is 0. The molecular formula is C10H15Cl2N5O. The highest BCUT2D eigenvalue weighted by molar-refractivity contribution is 6.32. The van der Waals surface area contributed by atoms with Gasteiger partial charge < -0.3 is 10.6 Å². The zero-order valence-corrected chi connectivity index (χ0v) is 11.9. The van der Waals surface area contributed by atoms with Crippen molar-refractivity contribution >= 4 is 34.9 Å². The van der Waals surface area contributed by atoms with Crippen LogP contribution in [-0.4, -0.2) is 33.7 Å². The SMILES string of the molecule is CC(C)CNC(=O)C(C)Nc1nc(Cl)nnc1Cl. The van der Waals surface area contributed by atoms with Gasteiger partial charge in [0.2, 0.25) is 11.2 Å². The first-order valence-electron chi connectivity index (χ1n) is 5.50. The maximum absolute atomic E-state index is 11.7. The third-order valence-electron chi connectivity index (χ3n) is 2.05. The topological polar surface area (TPSA) is 79.8 Å². The van der Waals surface area contributed by atoms with E-state index in [0.717, 1.165) is 0 Å². The van der Waals surface area contributed by atoms with Gasteiger partial charge in [0.05, 0.1) is 0 Å². The van der Waals surface area contributed by atoms with E-state index in [1.54, 1.807) is 6.92 Å². The van der Waals surface area contributed by atoms with Crippen LogP contribution in [0.3, 0.4) is 0 Å². The van der Waals surface area contributed by atoms with Crippen LogP contribution in [0.4, 0.5) is 5.82 Å². The summed E-state index contributed by atoms with van der Waals surface area (Å²) in [5, 5.41) is 12.7. The number of rotatable bonds is 5. The lowest BCUT2D eigenvalue weighted by Crippen LogP contribution is -2.39. The number of anilines is 1. The van der Waals surface area contributed by atoms with E-state index in [1.807, 2.05) is 13.8 Å². The lowest BCUT2D eigenvalue weighted by atomic mass is 10.2. The van der Waals surface area contributed by atoms with E-state index in [1.165, 1.54) is 0 Å². The third kappa shape index (κ3) is 4.62. The fourth-order valence-corrected chi connectivity index (χ4v) is 1.37.